The van der Waals surface area contributed by atoms with E-state index in [1.165, 1.54) is 0 Å². The van der Waals surface area contributed by atoms with E-state index in [4.69, 9.17) is 21.4 Å². The Kier molecular flexibility index (Phi) is 6.69. The average molecular weight is 313 g/mol. The summed E-state index contributed by atoms with van der Waals surface area (Å²) in [6.45, 7) is 5.78. The van der Waals surface area contributed by atoms with E-state index in [1.54, 1.807) is 13.8 Å². The molecule has 0 aliphatic carbocycles. The summed E-state index contributed by atoms with van der Waals surface area (Å²) in [6, 6.07) is 3.71. The summed E-state index contributed by atoms with van der Waals surface area (Å²) < 4.78 is 5.02. The molecule has 0 saturated heterocycles. The van der Waals surface area contributed by atoms with Crippen molar-refractivity contribution in [2.24, 2.45) is 0 Å². The number of carboxylic acids is 1. The van der Waals surface area contributed by atoms with Crippen molar-refractivity contribution in [2.75, 3.05) is 6.61 Å². The molecule has 1 rings (SSSR count). The number of benzene rings is 1. The quantitative estimate of drug-likeness (QED) is 0.779. The molecule has 21 heavy (non-hydrogen) atoms. The first kappa shape index (κ1) is 17.5. The summed E-state index contributed by atoms with van der Waals surface area (Å²) in [5.41, 5.74) is 2.75. The van der Waals surface area contributed by atoms with Gasteiger partial charge in [0.25, 0.3) is 0 Å². The van der Waals surface area contributed by atoms with Gasteiger partial charge in [0.2, 0.25) is 0 Å². The van der Waals surface area contributed by atoms with Crippen LogP contribution in [0.2, 0.25) is 5.02 Å². The number of hydrogen-bond acceptors (Lipinski definition) is 3. The third-order valence-electron chi connectivity index (χ3n) is 3.40. The second kappa shape index (κ2) is 8.03. The van der Waals surface area contributed by atoms with Crippen molar-refractivity contribution in [3.8, 4) is 0 Å². The number of rotatable bonds is 7. The lowest BCUT2D eigenvalue weighted by molar-refractivity contribution is -0.144. The molecule has 1 N–H and O–H groups in total. The van der Waals surface area contributed by atoms with E-state index in [-0.39, 0.29) is 12.4 Å². The van der Waals surface area contributed by atoms with Crippen molar-refractivity contribution in [3.63, 3.8) is 0 Å². The van der Waals surface area contributed by atoms with E-state index in [0.717, 1.165) is 16.7 Å². The number of carboxylic acid groups (broad SMARTS) is 1. The molecule has 0 heterocycles. The molecular formula is C16H21ClO4. The number of hydrogen-bond donors (Lipinski definition) is 1. The normalized spacial score (nSPS) is 12.0. The van der Waals surface area contributed by atoms with Crippen LogP contribution >= 0.6 is 11.6 Å². The molecule has 5 heteroatoms. The Morgan fingerprint density at radius 3 is 2.62 bits per heavy atom. The van der Waals surface area contributed by atoms with Gasteiger partial charge < -0.3 is 9.84 Å². The predicted molar refractivity (Wildman–Crippen MR) is 81.8 cm³/mol. The smallest absolute Gasteiger partial charge is 0.313 e. The summed E-state index contributed by atoms with van der Waals surface area (Å²) in [5, 5.41) is 9.23. The Labute approximate surface area is 130 Å². The maximum Gasteiger partial charge on any atom is 0.313 e. The van der Waals surface area contributed by atoms with Crippen molar-refractivity contribution in [1.82, 2.24) is 0 Å². The molecule has 0 bridgehead atoms. The Hall–Kier alpha value is -1.55. The van der Waals surface area contributed by atoms with E-state index in [2.05, 4.69) is 0 Å². The van der Waals surface area contributed by atoms with Crippen molar-refractivity contribution in [3.05, 3.63) is 33.8 Å². The molecule has 0 aromatic heterocycles. The lowest BCUT2D eigenvalue weighted by atomic mass is 9.94. The number of aryl methyl sites for hydroxylation is 2. The van der Waals surface area contributed by atoms with Crippen LogP contribution in [-0.2, 0) is 20.7 Å². The monoisotopic (exact) mass is 312 g/mol. The SMILES string of the molecule is CCOC(=O)C(C)c1cc(CCCC(=O)O)c(C)cc1Cl. The van der Waals surface area contributed by atoms with Crippen molar-refractivity contribution < 1.29 is 19.4 Å². The summed E-state index contributed by atoms with van der Waals surface area (Å²) in [5.74, 6) is -1.54. The van der Waals surface area contributed by atoms with Crippen molar-refractivity contribution >= 4 is 23.5 Å². The molecule has 0 aliphatic rings. The van der Waals surface area contributed by atoms with Gasteiger partial charge in [-0.05, 0) is 56.4 Å². The van der Waals surface area contributed by atoms with Crippen LogP contribution in [0.5, 0.6) is 0 Å². The molecule has 4 nitrogen and oxygen atoms in total. The van der Waals surface area contributed by atoms with Gasteiger partial charge in [0.05, 0.1) is 12.5 Å². The van der Waals surface area contributed by atoms with E-state index in [9.17, 15) is 9.59 Å². The summed E-state index contributed by atoms with van der Waals surface area (Å²) in [6.07, 6.45) is 1.34. The highest BCUT2D eigenvalue weighted by Gasteiger charge is 2.20. The Bertz CT molecular complexity index is 525. The maximum absolute atomic E-state index is 11.8. The first-order chi connectivity index (χ1) is 9.86. The molecule has 1 aromatic rings. The van der Waals surface area contributed by atoms with Crippen LogP contribution in [0.3, 0.4) is 0 Å². The van der Waals surface area contributed by atoms with Gasteiger partial charge in [-0.1, -0.05) is 17.7 Å². The summed E-state index contributed by atoms with van der Waals surface area (Å²) >= 11 is 6.22. The fourth-order valence-electron chi connectivity index (χ4n) is 2.16. The lowest BCUT2D eigenvalue weighted by Crippen LogP contribution is -2.14. The maximum atomic E-state index is 11.8. The number of halogens is 1. The Morgan fingerprint density at radius 1 is 1.38 bits per heavy atom. The lowest BCUT2D eigenvalue weighted by Gasteiger charge is -2.16. The third-order valence-corrected chi connectivity index (χ3v) is 3.73. The zero-order valence-electron chi connectivity index (χ0n) is 12.6. The minimum atomic E-state index is -0.804. The molecule has 0 radical (unpaired) electrons. The number of aliphatic carboxylic acids is 1. The van der Waals surface area contributed by atoms with Gasteiger partial charge in [-0.2, -0.15) is 0 Å². The van der Waals surface area contributed by atoms with E-state index in [0.29, 0.717) is 24.5 Å². The second-order valence-electron chi connectivity index (χ2n) is 5.02. The van der Waals surface area contributed by atoms with Crippen LogP contribution in [0.15, 0.2) is 12.1 Å². The molecule has 0 spiro atoms. The highest BCUT2D eigenvalue weighted by Crippen LogP contribution is 2.29. The molecule has 1 unspecified atom stereocenters. The first-order valence-corrected chi connectivity index (χ1v) is 7.42. The van der Waals surface area contributed by atoms with Gasteiger partial charge in [0, 0.05) is 11.4 Å². The standard InChI is InChI=1S/C16H21ClO4/c1-4-21-16(20)11(3)13-9-12(6-5-7-15(18)19)10(2)8-14(13)17/h8-9,11H,4-7H2,1-3H3,(H,18,19). The zero-order valence-corrected chi connectivity index (χ0v) is 13.4. The zero-order chi connectivity index (χ0) is 16.0. The summed E-state index contributed by atoms with van der Waals surface area (Å²) in [7, 11) is 0. The van der Waals surface area contributed by atoms with Crippen LogP contribution in [0.4, 0.5) is 0 Å². The van der Waals surface area contributed by atoms with Crippen LogP contribution < -0.4 is 0 Å². The van der Waals surface area contributed by atoms with Crippen LogP contribution in [0.25, 0.3) is 0 Å². The Balaban J connectivity index is 2.94. The van der Waals surface area contributed by atoms with Crippen molar-refractivity contribution in [2.45, 2.75) is 46.0 Å². The molecule has 116 valence electrons. The molecule has 0 saturated carbocycles. The van der Waals surface area contributed by atoms with Gasteiger partial charge in [-0.3, -0.25) is 9.59 Å². The number of carbonyl (C=O) groups excluding carboxylic acids is 1. The highest BCUT2D eigenvalue weighted by atomic mass is 35.5. The molecular weight excluding hydrogens is 292 g/mol. The van der Waals surface area contributed by atoms with Crippen LogP contribution in [0, 0.1) is 6.92 Å². The van der Waals surface area contributed by atoms with Gasteiger partial charge in [0.1, 0.15) is 0 Å². The second-order valence-corrected chi connectivity index (χ2v) is 5.43. The topological polar surface area (TPSA) is 63.6 Å². The third kappa shape index (κ3) is 5.05. The Morgan fingerprint density at radius 2 is 2.05 bits per heavy atom. The summed E-state index contributed by atoms with van der Waals surface area (Å²) in [4.78, 5) is 22.4. The minimum absolute atomic E-state index is 0.130. The minimum Gasteiger partial charge on any atom is -0.481 e. The van der Waals surface area contributed by atoms with Gasteiger partial charge in [0.15, 0.2) is 0 Å². The van der Waals surface area contributed by atoms with Crippen LogP contribution in [-0.4, -0.2) is 23.7 Å². The molecule has 1 atom stereocenters. The van der Waals surface area contributed by atoms with E-state index in [1.807, 2.05) is 19.1 Å². The van der Waals surface area contributed by atoms with Gasteiger partial charge in [-0.15, -0.1) is 0 Å². The number of carbonyl (C=O) groups is 2. The fourth-order valence-corrected chi connectivity index (χ4v) is 2.54. The molecule has 1 aromatic carbocycles. The predicted octanol–water partition coefficient (Wildman–Crippen LogP) is 3.72. The largest absolute Gasteiger partial charge is 0.481 e. The van der Waals surface area contributed by atoms with E-state index >= 15 is 0 Å². The molecule has 0 amide bonds. The van der Waals surface area contributed by atoms with Gasteiger partial charge >= 0.3 is 11.9 Å². The highest BCUT2D eigenvalue weighted by molar-refractivity contribution is 6.31. The van der Waals surface area contributed by atoms with Gasteiger partial charge in [-0.25, -0.2) is 0 Å². The average Bonchev–Trinajstić information content (AvgIpc) is 2.40. The molecule has 0 aliphatic heterocycles. The fraction of sp³-hybridized carbons (Fsp3) is 0.500. The van der Waals surface area contributed by atoms with E-state index < -0.39 is 11.9 Å². The molecule has 0 fully saturated rings. The van der Waals surface area contributed by atoms with Crippen LogP contribution in [0.1, 0.15) is 49.3 Å². The first-order valence-electron chi connectivity index (χ1n) is 7.04. The number of ether oxygens (including phenoxy) is 1. The number of esters is 1. The van der Waals surface area contributed by atoms with Crippen molar-refractivity contribution in [1.29, 1.82) is 0 Å².